The summed E-state index contributed by atoms with van der Waals surface area (Å²) in [7, 11) is 0. The lowest BCUT2D eigenvalue weighted by atomic mass is 10.0. The van der Waals surface area contributed by atoms with Gasteiger partial charge in [0.15, 0.2) is 0 Å². The number of amides is 1. The molecule has 0 unspecified atom stereocenters. The minimum Gasteiger partial charge on any atom is -0.342 e. The van der Waals surface area contributed by atoms with Crippen molar-refractivity contribution in [2.45, 2.75) is 25.4 Å². The van der Waals surface area contributed by atoms with Crippen molar-refractivity contribution in [1.82, 2.24) is 19.0 Å². The quantitative estimate of drug-likeness (QED) is 0.368. The first-order chi connectivity index (χ1) is 17.1. The number of rotatable bonds is 4. The molecule has 2 aromatic heterocycles. The number of imidazole rings is 1. The molecule has 1 saturated heterocycles. The van der Waals surface area contributed by atoms with Crippen molar-refractivity contribution in [1.29, 1.82) is 0 Å². The molecule has 1 amide bonds. The molecular weight excluding hydrogens is 460 g/mol. The van der Waals surface area contributed by atoms with E-state index in [1.54, 1.807) is 0 Å². The van der Waals surface area contributed by atoms with Gasteiger partial charge in [0.05, 0.1) is 22.1 Å². The van der Waals surface area contributed by atoms with Gasteiger partial charge in [-0.1, -0.05) is 60.1 Å². The van der Waals surface area contributed by atoms with Crippen LogP contribution in [0, 0.1) is 0 Å². The summed E-state index contributed by atoms with van der Waals surface area (Å²) in [6.45, 7) is 1.87. The van der Waals surface area contributed by atoms with Crippen LogP contribution in [0.4, 0.5) is 0 Å². The van der Waals surface area contributed by atoms with Gasteiger partial charge in [0, 0.05) is 42.3 Å². The number of fused-ring (bicyclic) bond motifs is 2. The van der Waals surface area contributed by atoms with Crippen LogP contribution in [-0.4, -0.2) is 38.0 Å². The third-order valence-corrected chi connectivity index (χ3v) is 7.25. The summed E-state index contributed by atoms with van der Waals surface area (Å²) in [4.78, 5) is 31.1. The Hall–Kier alpha value is -3.77. The van der Waals surface area contributed by atoms with Gasteiger partial charge in [-0.15, -0.1) is 0 Å². The summed E-state index contributed by atoms with van der Waals surface area (Å²) in [6.07, 6.45) is 3.43. The number of carbonyl (C=O) groups is 1. The SMILES string of the molecule is O=C(c1cn(Cc2ccccc2)c2cc(Cl)ccc12)N1CCC(n2c(=O)[nH]c3ccccc32)CC1. The van der Waals surface area contributed by atoms with Crippen molar-refractivity contribution in [2.75, 3.05) is 13.1 Å². The molecule has 1 N–H and O–H groups in total. The molecule has 1 aliphatic heterocycles. The number of hydrogen-bond donors (Lipinski definition) is 1. The third kappa shape index (κ3) is 3.94. The van der Waals surface area contributed by atoms with E-state index >= 15 is 0 Å². The maximum absolute atomic E-state index is 13.6. The molecular formula is C28H25ClN4O2. The highest BCUT2D eigenvalue weighted by Crippen LogP contribution is 2.30. The fourth-order valence-electron chi connectivity index (χ4n) is 5.28. The minimum atomic E-state index is -0.0863. The largest absolute Gasteiger partial charge is 0.342 e. The number of nitrogens with zero attached hydrogens (tertiary/aromatic N) is 3. The van der Waals surface area contributed by atoms with Gasteiger partial charge in [-0.2, -0.15) is 0 Å². The van der Waals surface area contributed by atoms with Crippen molar-refractivity contribution in [2.24, 2.45) is 0 Å². The zero-order valence-electron chi connectivity index (χ0n) is 19.2. The van der Waals surface area contributed by atoms with Crippen molar-refractivity contribution < 1.29 is 4.79 Å². The van der Waals surface area contributed by atoms with E-state index in [1.807, 2.05) is 76.3 Å². The van der Waals surface area contributed by atoms with Crippen LogP contribution < -0.4 is 5.69 Å². The number of hydrogen-bond acceptors (Lipinski definition) is 2. The Kier molecular flexibility index (Phi) is 5.46. The van der Waals surface area contributed by atoms with Crippen LogP contribution in [0.15, 0.2) is 83.8 Å². The van der Waals surface area contributed by atoms with E-state index in [0.29, 0.717) is 30.2 Å². The smallest absolute Gasteiger partial charge is 0.326 e. The molecule has 0 atom stereocenters. The molecule has 3 aromatic carbocycles. The molecule has 176 valence electrons. The number of piperidine rings is 1. The minimum absolute atomic E-state index is 0.0221. The van der Waals surface area contributed by atoms with Gasteiger partial charge < -0.3 is 14.5 Å². The lowest BCUT2D eigenvalue weighted by Gasteiger charge is -2.32. The molecule has 5 aromatic rings. The Labute approximate surface area is 207 Å². The van der Waals surface area contributed by atoms with E-state index in [1.165, 1.54) is 0 Å². The molecule has 6 nitrogen and oxygen atoms in total. The topological polar surface area (TPSA) is 63.0 Å². The van der Waals surface area contributed by atoms with Gasteiger partial charge in [-0.3, -0.25) is 9.36 Å². The van der Waals surface area contributed by atoms with Crippen LogP contribution in [0.5, 0.6) is 0 Å². The van der Waals surface area contributed by atoms with E-state index in [4.69, 9.17) is 11.6 Å². The third-order valence-electron chi connectivity index (χ3n) is 7.01. The van der Waals surface area contributed by atoms with Crippen molar-refractivity contribution in [3.63, 3.8) is 0 Å². The standard InChI is InChI=1S/C28H25ClN4O2/c29-20-10-11-22-23(18-32(26(22)16-20)17-19-6-2-1-3-7-19)27(34)31-14-12-21(13-15-31)33-25-9-5-4-8-24(25)30-28(33)35/h1-11,16,18,21H,12-15,17H2,(H,30,35). The average Bonchev–Trinajstić information content (AvgIpc) is 3.41. The highest BCUT2D eigenvalue weighted by Gasteiger charge is 2.28. The molecule has 7 heteroatoms. The van der Waals surface area contributed by atoms with Gasteiger partial charge in [0.1, 0.15) is 0 Å². The normalized spacial score (nSPS) is 14.7. The summed E-state index contributed by atoms with van der Waals surface area (Å²) < 4.78 is 3.95. The number of H-pyrrole nitrogens is 1. The molecule has 3 heterocycles. The molecule has 1 fully saturated rings. The average molecular weight is 485 g/mol. The Morgan fingerprint density at radius 1 is 0.943 bits per heavy atom. The van der Waals surface area contributed by atoms with Crippen molar-refractivity contribution in [3.8, 4) is 0 Å². The first-order valence-electron chi connectivity index (χ1n) is 11.9. The first-order valence-corrected chi connectivity index (χ1v) is 12.3. The second-order valence-electron chi connectivity index (χ2n) is 9.16. The number of aromatic amines is 1. The predicted molar refractivity (Wildman–Crippen MR) is 139 cm³/mol. The Morgan fingerprint density at radius 3 is 2.49 bits per heavy atom. The van der Waals surface area contributed by atoms with Crippen LogP contribution in [0.2, 0.25) is 5.02 Å². The van der Waals surface area contributed by atoms with Crippen LogP contribution in [-0.2, 0) is 6.54 Å². The molecule has 0 saturated carbocycles. The van der Waals surface area contributed by atoms with E-state index in [9.17, 15) is 9.59 Å². The molecule has 0 aliphatic carbocycles. The highest BCUT2D eigenvalue weighted by molar-refractivity contribution is 6.31. The van der Waals surface area contributed by atoms with Crippen LogP contribution >= 0.6 is 11.6 Å². The highest BCUT2D eigenvalue weighted by atomic mass is 35.5. The van der Waals surface area contributed by atoms with Gasteiger partial charge in [-0.05, 0) is 42.7 Å². The van der Waals surface area contributed by atoms with Crippen LogP contribution in [0.1, 0.15) is 34.8 Å². The lowest BCUT2D eigenvalue weighted by molar-refractivity contribution is 0.0697. The van der Waals surface area contributed by atoms with E-state index in [-0.39, 0.29) is 17.6 Å². The summed E-state index contributed by atoms with van der Waals surface area (Å²) in [5.74, 6) is 0.0221. The number of aromatic nitrogens is 3. The van der Waals surface area contributed by atoms with E-state index in [2.05, 4.69) is 21.7 Å². The van der Waals surface area contributed by atoms with Gasteiger partial charge in [-0.25, -0.2) is 4.79 Å². The number of para-hydroxylation sites is 2. The van der Waals surface area contributed by atoms with Crippen LogP contribution in [0.25, 0.3) is 21.9 Å². The number of nitrogens with one attached hydrogen (secondary N) is 1. The lowest BCUT2D eigenvalue weighted by Crippen LogP contribution is -2.40. The summed E-state index contributed by atoms with van der Waals surface area (Å²) in [6, 6.07) is 23.7. The maximum atomic E-state index is 13.6. The number of benzene rings is 3. The van der Waals surface area contributed by atoms with Crippen molar-refractivity contribution in [3.05, 3.63) is 106 Å². The second-order valence-corrected chi connectivity index (χ2v) is 9.59. The van der Waals surface area contributed by atoms with E-state index < -0.39 is 0 Å². The zero-order chi connectivity index (χ0) is 23.9. The van der Waals surface area contributed by atoms with Crippen molar-refractivity contribution >= 4 is 39.4 Å². The monoisotopic (exact) mass is 484 g/mol. The summed E-state index contributed by atoms with van der Waals surface area (Å²) in [5, 5.41) is 1.55. The molecule has 35 heavy (non-hydrogen) atoms. The summed E-state index contributed by atoms with van der Waals surface area (Å²) in [5.41, 5.74) is 4.48. The zero-order valence-corrected chi connectivity index (χ0v) is 19.9. The number of likely N-dealkylation sites (tertiary alicyclic amines) is 1. The Bertz CT molecular complexity index is 1590. The molecule has 0 radical (unpaired) electrons. The molecule has 1 aliphatic rings. The van der Waals surface area contributed by atoms with Gasteiger partial charge in [0.25, 0.3) is 5.91 Å². The number of carbonyl (C=O) groups excluding carboxylic acids is 1. The summed E-state index contributed by atoms with van der Waals surface area (Å²) >= 11 is 6.31. The fraction of sp³-hybridized carbons (Fsp3) is 0.214. The van der Waals surface area contributed by atoms with E-state index in [0.717, 1.165) is 40.3 Å². The maximum Gasteiger partial charge on any atom is 0.326 e. The molecule has 6 rings (SSSR count). The Balaban J connectivity index is 1.26. The first kappa shape index (κ1) is 21.7. The molecule has 0 spiro atoms. The Morgan fingerprint density at radius 2 is 1.69 bits per heavy atom. The van der Waals surface area contributed by atoms with Crippen LogP contribution in [0.3, 0.4) is 0 Å². The molecule has 0 bridgehead atoms. The number of halogens is 1. The fourth-order valence-corrected chi connectivity index (χ4v) is 5.45. The predicted octanol–water partition coefficient (Wildman–Crippen LogP) is 5.46. The van der Waals surface area contributed by atoms with Gasteiger partial charge in [0.2, 0.25) is 0 Å². The van der Waals surface area contributed by atoms with Gasteiger partial charge >= 0.3 is 5.69 Å². The second kappa shape index (κ2) is 8.78.